The Hall–Kier alpha value is -1.92. The Morgan fingerprint density at radius 1 is 1.29 bits per heavy atom. The number of aliphatic hydroxyl groups is 2. The molecule has 1 atom stereocenters. The van der Waals surface area contributed by atoms with Gasteiger partial charge in [-0.15, -0.1) is 0 Å². The number of hydrogen-bond acceptors (Lipinski definition) is 4. The fourth-order valence-corrected chi connectivity index (χ4v) is 1.46. The average Bonchev–Trinajstić information content (AvgIpc) is 2.28. The summed E-state index contributed by atoms with van der Waals surface area (Å²) >= 11 is 0. The summed E-state index contributed by atoms with van der Waals surface area (Å²) in [5.74, 6) is -1.51. The largest absolute Gasteiger partial charge is 0.393 e. The van der Waals surface area contributed by atoms with E-state index in [0.717, 1.165) is 0 Å². The minimum atomic E-state index is -1.61. The van der Waals surface area contributed by atoms with Crippen LogP contribution in [0, 0.1) is 0 Å². The molecule has 0 spiro atoms. The molecule has 1 aromatic rings. The standard InChI is InChI=1S/C11H14N2O4/c1-11(17,5-14)8-3-2-6(9(12)15)4-7(8)10(13)16/h2-4,14,17H,5H2,1H3,(H2,12,15)(H2,13,16). The van der Waals surface area contributed by atoms with Crippen molar-refractivity contribution in [3.63, 3.8) is 0 Å². The van der Waals surface area contributed by atoms with Gasteiger partial charge in [0.1, 0.15) is 5.60 Å². The quantitative estimate of drug-likeness (QED) is 0.541. The molecule has 0 aliphatic rings. The maximum atomic E-state index is 11.2. The van der Waals surface area contributed by atoms with Crippen LogP contribution in [-0.2, 0) is 5.60 Å². The molecule has 1 aromatic carbocycles. The molecule has 0 saturated carbocycles. The maximum absolute atomic E-state index is 11.2. The summed E-state index contributed by atoms with van der Waals surface area (Å²) < 4.78 is 0. The van der Waals surface area contributed by atoms with Gasteiger partial charge in [-0.2, -0.15) is 0 Å². The van der Waals surface area contributed by atoms with Gasteiger partial charge in [0.05, 0.1) is 6.61 Å². The zero-order valence-corrected chi connectivity index (χ0v) is 9.30. The van der Waals surface area contributed by atoms with Crippen LogP contribution in [0.5, 0.6) is 0 Å². The SMILES string of the molecule is CC(O)(CO)c1ccc(C(N)=O)cc1C(N)=O. The molecule has 1 rings (SSSR count). The third-order valence-electron chi connectivity index (χ3n) is 2.46. The lowest BCUT2D eigenvalue weighted by Gasteiger charge is -2.23. The van der Waals surface area contributed by atoms with E-state index >= 15 is 0 Å². The van der Waals surface area contributed by atoms with Gasteiger partial charge in [-0.05, 0) is 24.6 Å². The van der Waals surface area contributed by atoms with E-state index in [-0.39, 0.29) is 16.7 Å². The fraction of sp³-hybridized carbons (Fsp3) is 0.273. The average molecular weight is 238 g/mol. The van der Waals surface area contributed by atoms with E-state index in [1.165, 1.54) is 25.1 Å². The number of rotatable bonds is 4. The van der Waals surface area contributed by atoms with Crippen LogP contribution in [0.3, 0.4) is 0 Å². The number of carbonyl (C=O) groups is 2. The van der Waals surface area contributed by atoms with Crippen molar-refractivity contribution >= 4 is 11.8 Å². The van der Waals surface area contributed by atoms with Crippen LogP contribution in [-0.4, -0.2) is 28.6 Å². The van der Waals surface area contributed by atoms with Gasteiger partial charge in [0, 0.05) is 11.1 Å². The summed E-state index contributed by atoms with van der Waals surface area (Å²) in [7, 11) is 0. The van der Waals surface area contributed by atoms with Gasteiger partial charge in [-0.3, -0.25) is 9.59 Å². The van der Waals surface area contributed by atoms with Crippen LogP contribution >= 0.6 is 0 Å². The first-order chi connectivity index (χ1) is 7.79. The summed E-state index contributed by atoms with van der Waals surface area (Å²) in [6.45, 7) is 0.752. The van der Waals surface area contributed by atoms with Crippen LogP contribution in [0.2, 0.25) is 0 Å². The molecule has 0 saturated heterocycles. The Labute approximate surface area is 97.8 Å². The molecule has 0 aliphatic carbocycles. The number of carbonyl (C=O) groups excluding carboxylic acids is 2. The van der Waals surface area contributed by atoms with E-state index in [4.69, 9.17) is 16.6 Å². The van der Waals surface area contributed by atoms with Crippen LogP contribution in [0.25, 0.3) is 0 Å². The molecule has 17 heavy (non-hydrogen) atoms. The first-order valence-electron chi connectivity index (χ1n) is 4.87. The lowest BCUT2D eigenvalue weighted by molar-refractivity contribution is -0.00288. The zero-order valence-electron chi connectivity index (χ0n) is 9.30. The van der Waals surface area contributed by atoms with Gasteiger partial charge in [0.25, 0.3) is 0 Å². The summed E-state index contributed by atoms with van der Waals surface area (Å²) in [5.41, 5.74) is 8.83. The number of hydrogen-bond donors (Lipinski definition) is 4. The third kappa shape index (κ3) is 2.61. The van der Waals surface area contributed by atoms with Crippen molar-refractivity contribution in [3.05, 3.63) is 34.9 Å². The van der Waals surface area contributed by atoms with Crippen molar-refractivity contribution in [1.29, 1.82) is 0 Å². The van der Waals surface area contributed by atoms with Crippen molar-refractivity contribution in [3.8, 4) is 0 Å². The lowest BCUT2D eigenvalue weighted by atomic mass is 9.90. The molecule has 0 fully saturated rings. The van der Waals surface area contributed by atoms with Crippen molar-refractivity contribution in [2.45, 2.75) is 12.5 Å². The second-order valence-corrected chi connectivity index (χ2v) is 3.92. The Balaban J connectivity index is 3.42. The Bertz CT molecular complexity index is 469. The van der Waals surface area contributed by atoms with Crippen molar-refractivity contribution in [2.24, 2.45) is 11.5 Å². The van der Waals surface area contributed by atoms with Gasteiger partial charge in [-0.25, -0.2) is 0 Å². The van der Waals surface area contributed by atoms with Crippen molar-refractivity contribution < 1.29 is 19.8 Å². The minimum Gasteiger partial charge on any atom is -0.393 e. The zero-order chi connectivity index (χ0) is 13.2. The molecule has 0 aromatic heterocycles. The Kier molecular flexibility index (Phi) is 3.50. The molecule has 0 bridgehead atoms. The van der Waals surface area contributed by atoms with Crippen LogP contribution in [0.1, 0.15) is 33.2 Å². The van der Waals surface area contributed by atoms with Gasteiger partial charge in [-0.1, -0.05) is 6.07 Å². The van der Waals surface area contributed by atoms with Gasteiger partial charge in [0.2, 0.25) is 11.8 Å². The molecule has 6 nitrogen and oxygen atoms in total. The fourth-order valence-electron chi connectivity index (χ4n) is 1.46. The molecule has 0 aliphatic heterocycles. The van der Waals surface area contributed by atoms with E-state index < -0.39 is 24.0 Å². The predicted octanol–water partition coefficient (Wildman–Crippen LogP) is -0.916. The highest BCUT2D eigenvalue weighted by Gasteiger charge is 2.27. The predicted molar refractivity (Wildman–Crippen MR) is 60.1 cm³/mol. The van der Waals surface area contributed by atoms with Gasteiger partial charge >= 0.3 is 0 Å². The highest BCUT2D eigenvalue weighted by Crippen LogP contribution is 2.24. The number of aliphatic hydroxyl groups excluding tert-OH is 1. The Morgan fingerprint density at radius 3 is 2.29 bits per heavy atom. The second kappa shape index (κ2) is 4.52. The number of amides is 2. The van der Waals surface area contributed by atoms with E-state index in [2.05, 4.69) is 0 Å². The molecule has 2 amide bonds. The molecule has 0 heterocycles. The third-order valence-corrected chi connectivity index (χ3v) is 2.46. The molecular formula is C11H14N2O4. The van der Waals surface area contributed by atoms with Crippen LogP contribution < -0.4 is 11.5 Å². The topological polar surface area (TPSA) is 127 Å². The maximum Gasteiger partial charge on any atom is 0.249 e. The number of primary amides is 2. The van der Waals surface area contributed by atoms with Crippen molar-refractivity contribution in [2.75, 3.05) is 6.61 Å². The normalized spacial score (nSPS) is 14.1. The van der Waals surface area contributed by atoms with Gasteiger partial charge in [0.15, 0.2) is 0 Å². The Morgan fingerprint density at radius 2 is 1.88 bits per heavy atom. The summed E-state index contributed by atoms with van der Waals surface area (Å²) in [4.78, 5) is 22.2. The number of nitrogens with two attached hydrogens (primary N) is 2. The smallest absolute Gasteiger partial charge is 0.249 e. The van der Waals surface area contributed by atoms with Crippen molar-refractivity contribution in [1.82, 2.24) is 0 Å². The monoisotopic (exact) mass is 238 g/mol. The van der Waals surface area contributed by atoms with E-state index in [9.17, 15) is 14.7 Å². The van der Waals surface area contributed by atoms with E-state index in [1.807, 2.05) is 0 Å². The molecule has 6 heteroatoms. The van der Waals surface area contributed by atoms with Crippen LogP contribution in [0.4, 0.5) is 0 Å². The molecule has 6 N–H and O–H groups in total. The van der Waals surface area contributed by atoms with E-state index in [0.29, 0.717) is 0 Å². The summed E-state index contributed by atoms with van der Waals surface area (Å²) in [6.07, 6.45) is 0. The lowest BCUT2D eigenvalue weighted by Crippen LogP contribution is -2.30. The molecule has 92 valence electrons. The summed E-state index contributed by atoms with van der Waals surface area (Å²) in [5, 5.41) is 18.9. The first kappa shape index (κ1) is 13.1. The highest BCUT2D eigenvalue weighted by molar-refractivity contribution is 5.99. The highest BCUT2D eigenvalue weighted by atomic mass is 16.3. The molecule has 0 radical (unpaired) electrons. The van der Waals surface area contributed by atoms with Gasteiger partial charge < -0.3 is 21.7 Å². The van der Waals surface area contributed by atoms with Crippen LogP contribution in [0.15, 0.2) is 18.2 Å². The second-order valence-electron chi connectivity index (χ2n) is 3.92. The number of benzene rings is 1. The summed E-state index contributed by atoms with van der Waals surface area (Å²) in [6, 6.07) is 3.90. The minimum absolute atomic E-state index is 0.0413. The molecule has 1 unspecified atom stereocenters. The molecular weight excluding hydrogens is 224 g/mol. The first-order valence-corrected chi connectivity index (χ1v) is 4.87. The van der Waals surface area contributed by atoms with E-state index in [1.54, 1.807) is 0 Å².